The molecule has 0 aliphatic carbocycles. The van der Waals surface area contributed by atoms with E-state index in [1.54, 1.807) is 18.2 Å². The van der Waals surface area contributed by atoms with E-state index >= 15 is 0 Å². The maximum atomic E-state index is 11.7. The summed E-state index contributed by atoms with van der Waals surface area (Å²) < 4.78 is 5.56. The molecule has 0 radical (unpaired) electrons. The standard InChI is InChI=1S/C16H23NO3/c18-14-6-3-5-13(11-14)12-16(19)17-9-2-1-7-15-8-4-10-20-15/h3,5-6,11,15,18H,1-2,4,7-10,12H2,(H,17,19)/t15-/m0/s1. The Labute approximate surface area is 120 Å². The van der Waals surface area contributed by atoms with Gasteiger partial charge in [0, 0.05) is 13.2 Å². The number of phenols is 1. The van der Waals surface area contributed by atoms with Gasteiger partial charge in [-0.15, -0.1) is 0 Å². The smallest absolute Gasteiger partial charge is 0.224 e. The van der Waals surface area contributed by atoms with E-state index in [9.17, 15) is 9.90 Å². The van der Waals surface area contributed by atoms with Crippen LogP contribution in [-0.4, -0.2) is 30.3 Å². The van der Waals surface area contributed by atoms with E-state index in [1.165, 1.54) is 12.8 Å². The van der Waals surface area contributed by atoms with Crippen LogP contribution < -0.4 is 5.32 Å². The molecule has 0 saturated carbocycles. The van der Waals surface area contributed by atoms with E-state index in [2.05, 4.69) is 5.32 Å². The summed E-state index contributed by atoms with van der Waals surface area (Å²) in [5.41, 5.74) is 0.835. The van der Waals surface area contributed by atoms with Crippen molar-refractivity contribution in [1.29, 1.82) is 0 Å². The van der Waals surface area contributed by atoms with Gasteiger partial charge < -0.3 is 15.2 Å². The highest BCUT2D eigenvalue weighted by molar-refractivity contribution is 5.78. The third kappa shape index (κ3) is 5.21. The van der Waals surface area contributed by atoms with Crippen molar-refractivity contribution >= 4 is 5.91 Å². The summed E-state index contributed by atoms with van der Waals surface area (Å²) in [5.74, 6) is 0.208. The molecule has 2 rings (SSSR count). The Kier molecular flexibility index (Phi) is 5.87. The van der Waals surface area contributed by atoms with Crippen molar-refractivity contribution in [3.8, 4) is 5.75 Å². The Morgan fingerprint density at radius 2 is 2.30 bits per heavy atom. The quantitative estimate of drug-likeness (QED) is 0.752. The van der Waals surface area contributed by atoms with E-state index in [4.69, 9.17) is 4.74 Å². The number of unbranched alkanes of at least 4 members (excludes halogenated alkanes) is 1. The van der Waals surface area contributed by atoms with Gasteiger partial charge in [0.2, 0.25) is 5.91 Å². The van der Waals surface area contributed by atoms with Crippen molar-refractivity contribution in [2.24, 2.45) is 0 Å². The number of nitrogens with one attached hydrogen (secondary N) is 1. The molecule has 0 unspecified atom stereocenters. The number of phenolic OH excluding ortho intramolecular Hbond substituents is 1. The number of carbonyl (C=O) groups is 1. The van der Waals surface area contributed by atoms with Crippen molar-refractivity contribution in [3.05, 3.63) is 29.8 Å². The molecule has 1 aliphatic heterocycles. The summed E-state index contributed by atoms with van der Waals surface area (Å²) in [5, 5.41) is 12.2. The molecule has 1 atom stereocenters. The van der Waals surface area contributed by atoms with Crippen molar-refractivity contribution in [2.45, 2.75) is 44.6 Å². The molecule has 1 heterocycles. The topological polar surface area (TPSA) is 58.6 Å². The summed E-state index contributed by atoms with van der Waals surface area (Å²) in [6, 6.07) is 6.82. The molecule has 110 valence electrons. The SMILES string of the molecule is O=C(Cc1cccc(O)c1)NCCCC[C@H]1CCCO1. The molecule has 0 spiro atoms. The number of hydrogen-bond donors (Lipinski definition) is 2. The second-order valence-corrected chi connectivity index (χ2v) is 5.33. The molecule has 1 aromatic rings. The fourth-order valence-corrected chi connectivity index (χ4v) is 2.51. The Morgan fingerprint density at radius 1 is 1.40 bits per heavy atom. The van der Waals surface area contributed by atoms with Gasteiger partial charge in [-0.3, -0.25) is 4.79 Å². The molecule has 20 heavy (non-hydrogen) atoms. The molecule has 0 aromatic heterocycles. The molecule has 1 aromatic carbocycles. The monoisotopic (exact) mass is 277 g/mol. The molecule has 1 saturated heterocycles. The molecule has 1 aliphatic rings. The van der Waals surface area contributed by atoms with Crippen LogP contribution in [0.3, 0.4) is 0 Å². The highest BCUT2D eigenvalue weighted by Gasteiger charge is 2.14. The Bertz CT molecular complexity index is 427. The summed E-state index contributed by atoms with van der Waals surface area (Å²) in [6.07, 6.45) is 6.32. The molecular weight excluding hydrogens is 254 g/mol. The minimum Gasteiger partial charge on any atom is -0.508 e. The van der Waals surface area contributed by atoms with Gasteiger partial charge in [-0.25, -0.2) is 0 Å². The number of benzene rings is 1. The van der Waals surface area contributed by atoms with Crippen molar-refractivity contribution < 1.29 is 14.6 Å². The third-order valence-corrected chi connectivity index (χ3v) is 3.57. The first-order valence-corrected chi connectivity index (χ1v) is 7.40. The van der Waals surface area contributed by atoms with E-state index in [1.807, 2.05) is 6.07 Å². The number of amides is 1. The third-order valence-electron chi connectivity index (χ3n) is 3.57. The van der Waals surface area contributed by atoms with E-state index < -0.39 is 0 Å². The number of ether oxygens (including phenoxy) is 1. The van der Waals surface area contributed by atoms with Gasteiger partial charge in [-0.2, -0.15) is 0 Å². The molecule has 4 heteroatoms. The molecule has 1 fully saturated rings. The van der Waals surface area contributed by atoms with E-state index in [-0.39, 0.29) is 11.7 Å². The predicted molar refractivity (Wildman–Crippen MR) is 77.6 cm³/mol. The minimum absolute atomic E-state index is 0.00714. The average molecular weight is 277 g/mol. The van der Waals surface area contributed by atoms with Crippen LogP contribution in [0.4, 0.5) is 0 Å². The number of rotatable bonds is 7. The summed E-state index contributed by atoms with van der Waals surface area (Å²) in [6.45, 7) is 1.62. The van der Waals surface area contributed by atoms with Crippen LogP contribution in [0.1, 0.15) is 37.7 Å². The van der Waals surface area contributed by atoms with Crippen LogP contribution in [-0.2, 0) is 16.0 Å². The summed E-state index contributed by atoms with van der Waals surface area (Å²) in [7, 11) is 0. The van der Waals surface area contributed by atoms with Gasteiger partial charge in [-0.1, -0.05) is 12.1 Å². The van der Waals surface area contributed by atoms with Gasteiger partial charge >= 0.3 is 0 Å². The summed E-state index contributed by atoms with van der Waals surface area (Å²) >= 11 is 0. The van der Waals surface area contributed by atoms with Gasteiger partial charge in [0.05, 0.1) is 12.5 Å². The highest BCUT2D eigenvalue weighted by Crippen LogP contribution is 2.17. The normalized spacial score (nSPS) is 18.1. The van der Waals surface area contributed by atoms with Gasteiger partial charge in [-0.05, 0) is 49.8 Å². The number of hydrogen-bond acceptors (Lipinski definition) is 3. The fraction of sp³-hybridized carbons (Fsp3) is 0.562. The first-order valence-electron chi connectivity index (χ1n) is 7.40. The zero-order valence-electron chi connectivity index (χ0n) is 11.8. The Morgan fingerprint density at radius 3 is 3.05 bits per heavy atom. The van der Waals surface area contributed by atoms with Crippen LogP contribution in [0, 0.1) is 0 Å². The van der Waals surface area contributed by atoms with Crippen LogP contribution >= 0.6 is 0 Å². The van der Waals surface area contributed by atoms with Gasteiger partial charge in [0.15, 0.2) is 0 Å². The number of carbonyl (C=O) groups excluding carboxylic acids is 1. The zero-order chi connectivity index (χ0) is 14.2. The first kappa shape index (κ1) is 14.9. The lowest BCUT2D eigenvalue weighted by molar-refractivity contribution is -0.120. The average Bonchev–Trinajstić information content (AvgIpc) is 2.91. The minimum atomic E-state index is 0.00714. The second-order valence-electron chi connectivity index (χ2n) is 5.33. The van der Waals surface area contributed by atoms with Crippen LogP contribution in [0.15, 0.2) is 24.3 Å². The van der Waals surface area contributed by atoms with Crippen LogP contribution in [0.25, 0.3) is 0 Å². The van der Waals surface area contributed by atoms with Crippen LogP contribution in [0.5, 0.6) is 5.75 Å². The maximum absolute atomic E-state index is 11.7. The van der Waals surface area contributed by atoms with Crippen molar-refractivity contribution in [1.82, 2.24) is 5.32 Å². The predicted octanol–water partition coefficient (Wildman–Crippen LogP) is 2.40. The van der Waals surface area contributed by atoms with E-state index in [0.717, 1.165) is 31.4 Å². The lowest BCUT2D eigenvalue weighted by Crippen LogP contribution is -2.26. The van der Waals surface area contributed by atoms with Gasteiger partial charge in [0.1, 0.15) is 5.75 Å². The first-order chi connectivity index (χ1) is 9.74. The molecule has 4 nitrogen and oxygen atoms in total. The maximum Gasteiger partial charge on any atom is 0.224 e. The van der Waals surface area contributed by atoms with E-state index in [0.29, 0.717) is 19.1 Å². The zero-order valence-corrected chi connectivity index (χ0v) is 11.8. The highest BCUT2D eigenvalue weighted by atomic mass is 16.5. The number of aromatic hydroxyl groups is 1. The van der Waals surface area contributed by atoms with Crippen molar-refractivity contribution in [3.63, 3.8) is 0 Å². The Hall–Kier alpha value is -1.55. The molecular formula is C16H23NO3. The largest absolute Gasteiger partial charge is 0.508 e. The molecule has 2 N–H and O–H groups in total. The molecule has 0 bridgehead atoms. The molecule has 1 amide bonds. The van der Waals surface area contributed by atoms with Gasteiger partial charge in [0.25, 0.3) is 0 Å². The Balaban J connectivity index is 1.55. The van der Waals surface area contributed by atoms with Crippen LogP contribution in [0.2, 0.25) is 0 Å². The van der Waals surface area contributed by atoms with Crippen molar-refractivity contribution in [2.75, 3.05) is 13.2 Å². The second kappa shape index (κ2) is 7.90. The fourth-order valence-electron chi connectivity index (χ4n) is 2.51. The summed E-state index contributed by atoms with van der Waals surface area (Å²) in [4.78, 5) is 11.7. The lowest BCUT2D eigenvalue weighted by atomic mass is 10.1. The lowest BCUT2D eigenvalue weighted by Gasteiger charge is -2.09.